The Labute approximate surface area is 119 Å². The summed E-state index contributed by atoms with van der Waals surface area (Å²) in [5.41, 5.74) is 0. The van der Waals surface area contributed by atoms with Gasteiger partial charge in [0.15, 0.2) is 9.84 Å². The van der Waals surface area contributed by atoms with Crippen molar-refractivity contribution in [1.29, 1.82) is 0 Å². The molecule has 2 amide bonds. The minimum Gasteiger partial charge on any atom is -0.480 e. The van der Waals surface area contributed by atoms with E-state index in [9.17, 15) is 18.0 Å². The van der Waals surface area contributed by atoms with Gasteiger partial charge in [-0.3, -0.25) is 4.79 Å². The quantitative estimate of drug-likeness (QED) is 0.728. The fraction of sp³-hybridized carbons (Fsp3) is 0.833. The predicted molar refractivity (Wildman–Crippen MR) is 74.2 cm³/mol. The van der Waals surface area contributed by atoms with Crippen LogP contribution in [0.4, 0.5) is 4.79 Å². The van der Waals surface area contributed by atoms with Crippen LogP contribution in [0.2, 0.25) is 0 Å². The van der Waals surface area contributed by atoms with Crippen molar-refractivity contribution in [1.82, 2.24) is 10.2 Å². The van der Waals surface area contributed by atoms with Crippen molar-refractivity contribution < 1.29 is 23.1 Å². The van der Waals surface area contributed by atoms with E-state index in [0.717, 1.165) is 0 Å². The summed E-state index contributed by atoms with van der Waals surface area (Å²) >= 11 is 0. The molecule has 0 radical (unpaired) electrons. The van der Waals surface area contributed by atoms with Gasteiger partial charge in [-0.2, -0.15) is 0 Å². The van der Waals surface area contributed by atoms with E-state index in [0.29, 0.717) is 13.0 Å². The Bertz CT molecular complexity index is 460. The van der Waals surface area contributed by atoms with Gasteiger partial charge in [0.2, 0.25) is 0 Å². The largest absolute Gasteiger partial charge is 0.480 e. The summed E-state index contributed by atoms with van der Waals surface area (Å²) in [5.74, 6) is -0.722. The number of hydrogen-bond donors (Lipinski definition) is 2. The summed E-state index contributed by atoms with van der Waals surface area (Å²) in [6.07, 6.45) is 0.547. The van der Waals surface area contributed by atoms with Crippen LogP contribution < -0.4 is 5.32 Å². The number of urea groups is 1. The van der Waals surface area contributed by atoms with Crippen LogP contribution in [0.3, 0.4) is 0 Å². The zero-order valence-electron chi connectivity index (χ0n) is 11.8. The highest BCUT2D eigenvalue weighted by molar-refractivity contribution is 7.91. The van der Waals surface area contributed by atoms with Gasteiger partial charge in [-0.05, 0) is 18.3 Å². The molecule has 8 heteroatoms. The third-order valence-corrected chi connectivity index (χ3v) is 4.90. The van der Waals surface area contributed by atoms with E-state index in [4.69, 9.17) is 5.11 Å². The summed E-state index contributed by atoms with van der Waals surface area (Å²) < 4.78 is 22.6. The fourth-order valence-corrected chi connectivity index (χ4v) is 4.06. The number of carboxylic acids is 1. The molecule has 7 nitrogen and oxygen atoms in total. The average molecular weight is 306 g/mol. The molecule has 0 aliphatic carbocycles. The van der Waals surface area contributed by atoms with Crippen LogP contribution in [0, 0.1) is 11.8 Å². The van der Waals surface area contributed by atoms with E-state index in [2.05, 4.69) is 5.32 Å². The van der Waals surface area contributed by atoms with Crippen molar-refractivity contribution >= 4 is 21.8 Å². The Morgan fingerprint density at radius 3 is 2.50 bits per heavy atom. The summed E-state index contributed by atoms with van der Waals surface area (Å²) in [5, 5.41) is 11.4. The number of hydrogen-bond acceptors (Lipinski definition) is 4. The number of amides is 2. The van der Waals surface area contributed by atoms with Crippen LogP contribution in [0.25, 0.3) is 0 Å². The van der Waals surface area contributed by atoms with Gasteiger partial charge >= 0.3 is 12.0 Å². The van der Waals surface area contributed by atoms with Gasteiger partial charge in [0.05, 0.1) is 11.5 Å². The molecule has 1 unspecified atom stereocenters. The van der Waals surface area contributed by atoms with Crippen molar-refractivity contribution in [2.45, 2.75) is 20.3 Å². The second-order valence-electron chi connectivity index (χ2n) is 5.62. The Morgan fingerprint density at radius 2 is 2.05 bits per heavy atom. The molecule has 1 aliphatic rings. The first-order valence-electron chi connectivity index (χ1n) is 6.64. The van der Waals surface area contributed by atoms with Gasteiger partial charge in [0, 0.05) is 13.1 Å². The first kappa shape index (κ1) is 16.7. The van der Waals surface area contributed by atoms with Crippen LogP contribution >= 0.6 is 0 Å². The molecule has 2 N–H and O–H groups in total. The number of nitrogens with one attached hydrogen (secondary N) is 1. The number of sulfone groups is 1. The van der Waals surface area contributed by atoms with Crippen LogP contribution in [0.5, 0.6) is 0 Å². The van der Waals surface area contributed by atoms with Crippen LogP contribution in [0.15, 0.2) is 0 Å². The third kappa shape index (κ3) is 5.77. The van der Waals surface area contributed by atoms with Crippen LogP contribution in [-0.4, -0.2) is 61.6 Å². The highest BCUT2D eigenvalue weighted by atomic mass is 32.2. The molecular weight excluding hydrogens is 284 g/mol. The third-order valence-electron chi connectivity index (χ3n) is 3.07. The first-order valence-corrected chi connectivity index (χ1v) is 8.46. The highest BCUT2D eigenvalue weighted by Gasteiger charge is 2.28. The zero-order chi connectivity index (χ0) is 15.3. The normalized spacial score (nSPS) is 20.9. The maximum Gasteiger partial charge on any atom is 0.323 e. The molecule has 0 bridgehead atoms. The molecule has 0 spiro atoms. The van der Waals surface area contributed by atoms with E-state index in [1.165, 1.54) is 4.90 Å². The predicted octanol–water partition coefficient (Wildman–Crippen LogP) is 0.173. The van der Waals surface area contributed by atoms with Gasteiger partial charge in [0.25, 0.3) is 0 Å². The fourth-order valence-electron chi connectivity index (χ4n) is 2.20. The molecule has 0 saturated carbocycles. The molecule has 1 aliphatic heterocycles. The molecule has 0 aromatic carbocycles. The second kappa shape index (κ2) is 6.92. The highest BCUT2D eigenvalue weighted by Crippen LogP contribution is 2.17. The Kier molecular flexibility index (Phi) is 5.79. The number of aliphatic carboxylic acids is 1. The lowest BCUT2D eigenvalue weighted by Crippen LogP contribution is -2.45. The lowest BCUT2D eigenvalue weighted by atomic mass is 10.1. The van der Waals surface area contributed by atoms with Gasteiger partial charge in [0.1, 0.15) is 6.54 Å². The molecule has 1 rings (SSSR count). The number of rotatable bonds is 6. The SMILES string of the molecule is CC(C)CN(CC(=O)O)C(=O)NCC1CCS(=O)(=O)C1. The second-order valence-corrected chi connectivity index (χ2v) is 7.85. The standard InChI is InChI=1S/C12H22N2O5S/c1-9(2)6-14(7-11(15)16)12(17)13-5-10-3-4-20(18,19)8-10/h9-10H,3-8H2,1-2H3,(H,13,17)(H,15,16). The topological polar surface area (TPSA) is 104 Å². The molecule has 116 valence electrons. The molecule has 0 aromatic rings. The number of nitrogens with zero attached hydrogens (tertiary/aromatic N) is 1. The molecule has 20 heavy (non-hydrogen) atoms. The summed E-state index contributed by atoms with van der Waals surface area (Å²) in [7, 11) is -2.96. The monoisotopic (exact) mass is 306 g/mol. The number of carbonyl (C=O) groups is 2. The molecule has 1 atom stereocenters. The van der Waals surface area contributed by atoms with E-state index in [-0.39, 0.29) is 36.4 Å². The molecule has 1 fully saturated rings. The maximum absolute atomic E-state index is 11.9. The van der Waals surface area contributed by atoms with E-state index in [1.54, 1.807) is 0 Å². The average Bonchev–Trinajstić information content (AvgIpc) is 2.64. The van der Waals surface area contributed by atoms with Gasteiger partial charge in [-0.25, -0.2) is 13.2 Å². The van der Waals surface area contributed by atoms with Crippen molar-refractivity contribution in [3.05, 3.63) is 0 Å². The summed E-state index contributed by atoms with van der Waals surface area (Å²) in [6.45, 7) is 4.05. The maximum atomic E-state index is 11.9. The van der Waals surface area contributed by atoms with E-state index < -0.39 is 21.8 Å². The smallest absolute Gasteiger partial charge is 0.323 e. The zero-order valence-corrected chi connectivity index (χ0v) is 12.6. The van der Waals surface area contributed by atoms with Gasteiger partial charge in [-0.1, -0.05) is 13.8 Å². The van der Waals surface area contributed by atoms with Gasteiger partial charge < -0.3 is 15.3 Å². The van der Waals surface area contributed by atoms with Crippen molar-refractivity contribution in [3.8, 4) is 0 Å². The Morgan fingerprint density at radius 1 is 1.40 bits per heavy atom. The lowest BCUT2D eigenvalue weighted by Gasteiger charge is -2.23. The number of carbonyl (C=O) groups excluding carboxylic acids is 1. The minimum absolute atomic E-state index is 0.0744. The first-order chi connectivity index (χ1) is 9.19. The van der Waals surface area contributed by atoms with Crippen molar-refractivity contribution in [2.24, 2.45) is 11.8 Å². The number of carboxylic acid groups (broad SMARTS) is 1. The van der Waals surface area contributed by atoms with E-state index in [1.807, 2.05) is 13.8 Å². The van der Waals surface area contributed by atoms with Crippen molar-refractivity contribution in [3.63, 3.8) is 0 Å². The summed E-state index contributed by atoms with van der Waals surface area (Å²) in [4.78, 5) is 23.9. The van der Waals surface area contributed by atoms with Crippen LogP contribution in [-0.2, 0) is 14.6 Å². The summed E-state index contributed by atoms with van der Waals surface area (Å²) in [6, 6.07) is -0.453. The molecule has 0 aromatic heterocycles. The van der Waals surface area contributed by atoms with E-state index >= 15 is 0 Å². The van der Waals surface area contributed by atoms with Gasteiger partial charge in [-0.15, -0.1) is 0 Å². The van der Waals surface area contributed by atoms with Crippen molar-refractivity contribution in [2.75, 3.05) is 31.1 Å². The van der Waals surface area contributed by atoms with Crippen LogP contribution in [0.1, 0.15) is 20.3 Å². The molecule has 1 saturated heterocycles. The molecular formula is C12H22N2O5S. The Hall–Kier alpha value is -1.31. The lowest BCUT2D eigenvalue weighted by molar-refractivity contribution is -0.137. The Balaban J connectivity index is 2.47. The molecule has 1 heterocycles. The minimum atomic E-state index is -2.96.